The molecule has 1 aromatic carbocycles. The lowest BCUT2D eigenvalue weighted by Gasteiger charge is -2.00. The molecule has 2 nitrogen and oxygen atoms in total. The van der Waals surface area contributed by atoms with Crippen LogP contribution in [0.5, 0.6) is 0 Å². The maximum atomic E-state index is 12.5. The molecule has 0 saturated heterocycles. The minimum absolute atomic E-state index is 0. The molecule has 68 valence electrons. The number of hydrogen-bond acceptors (Lipinski definition) is 2. The highest BCUT2D eigenvalue weighted by Gasteiger charge is 1.97. The first kappa shape index (κ1) is 10.8. The predicted octanol–water partition coefficient (Wildman–Crippen LogP) is 2.24. The Morgan fingerprint density at radius 3 is 2.75 bits per heavy atom. The number of hydrogen-bond donors (Lipinski definition) is 2. The van der Waals surface area contributed by atoms with E-state index in [0.29, 0.717) is 11.1 Å². The molecule has 3 heteroatoms. The van der Waals surface area contributed by atoms with Crippen LogP contribution >= 0.6 is 0 Å². The molecular weight excluding hydrogens is 157 g/mol. The Morgan fingerprint density at radius 2 is 2.25 bits per heavy atom. The molecule has 0 amide bonds. The van der Waals surface area contributed by atoms with E-state index >= 15 is 0 Å². The molecule has 0 radical (unpaired) electrons. The van der Waals surface area contributed by atoms with E-state index in [4.69, 9.17) is 5.11 Å². The highest BCUT2D eigenvalue weighted by Crippen LogP contribution is 2.11. The van der Waals surface area contributed by atoms with Crippen LogP contribution in [0, 0.1) is 5.82 Å². The van der Waals surface area contributed by atoms with Crippen LogP contribution in [0.2, 0.25) is 0 Å². The highest BCUT2D eigenvalue weighted by atomic mass is 19.1. The normalized spacial score (nSPS) is 8.83. The van der Waals surface area contributed by atoms with Gasteiger partial charge >= 0.3 is 0 Å². The van der Waals surface area contributed by atoms with Gasteiger partial charge in [0.25, 0.3) is 0 Å². The molecule has 0 saturated carbocycles. The summed E-state index contributed by atoms with van der Waals surface area (Å²) in [6, 6.07) is 6.00. The van der Waals surface area contributed by atoms with E-state index in [1.54, 1.807) is 12.1 Å². The van der Waals surface area contributed by atoms with Crippen molar-refractivity contribution in [2.45, 2.75) is 0 Å². The van der Waals surface area contributed by atoms with Crippen molar-refractivity contribution in [3.8, 4) is 0 Å². The van der Waals surface area contributed by atoms with Crippen LogP contribution < -0.4 is 6.15 Å². The van der Waals surface area contributed by atoms with Gasteiger partial charge in [-0.3, -0.25) is 0 Å². The number of benzene rings is 1. The molecule has 0 spiro atoms. The lowest BCUT2D eigenvalue weighted by molar-refractivity contribution is 0.350. The maximum Gasteiger partial charge on any atom is 0.123 e. The lowest BCUT2D eigenvalue weighted by Crippen LogP contribution is -1.88. The first-order valence-electron chi connectivity index (χ1n) is 3.28. The second kappa shape index (κ2) is 4.64. The molecule has 0 bridgehead atoms. The van der Waals surface area contributed by atoms with E-state index in [-0.39, 0.29) is 20.0 Å². The van der Waals surface area contributed by atoms with Gasteiger partial charge in [0.1, 0.15) is 5.82 Å². The first-order chi connectivity index (χ1) is 5.24. The molecule has 0 aliphatic carbocycles. The summed E-state index contributed by atoms with van der Waals surface area (Å²) in [5.41, 5.74) is 1.18. The summed E-state index contributed by atoms with van der Waals surface area (Å²) in [6.07, 6.45) is 0. The second-order valence-electron chi connectivity index (χ2n) is 2.27. The molecule has 0 fully saturated rings. The van der Waals surface area contributed by atoms with E-state index in [1.807, 2.05) is 0 Å². The van der Waals surface area contributed by atoms with Crippen molar-refractivity contribution in [2.24, 2.45) is 0 Å². The fourth-order valence-corrected chi connectivity index (χ4v) is 0.800. The van der Waals surface area contributed by atoms with E-state index in [1.165, 1.54) is 12.1 Å². The Bertz CT molecular complexity index is 278. The fourth-order valence-electron chi connectivity index (χ4n) is 0.800. The molecule has 0 aromatic heterocycles. The van der Waals surface area contributed by atoms with Crippen LogP contribution in [0.25, 0.3) is 5.57 Å². The van der Waals surface area contributed by atoms with Crippen molar-refractivity contribution < 1.29 is 10.9 Å². The van der Waals surface area contributed by atoms with Gasteiger partial charge in [0.15, 0.2) is 0 Å². The van der Waals surface area contributed by atoms with E-state index in [0.717, 1.165) is 0 Å². The molecule has 0 unspecified atom stereocenters. The minimum atomic E-state index is -0.308. The summed E-state index contributed by atoms with van der Waals surface area (Å²) in [5.74, 6) is -0.308. The molecule has 1 aromatic rings. The highest BCUT2D eigenvalue weighted by molar-refractivity contribution is 5.63. The zero-order chi connectivity index (χ0) is 8.27. The van der Waals surface area contributed by atoms with E-state index < -0.39 is 0 Å². The molecule has 0 aliphatic heterocycles. The zero-order valence-corrected chi connectivity index (χ0v) is 6.76. The van der Waals surface area contributed by atoms with Gasteiger partial charge in [0, 0.05) is 1.43 Å². The molecule has 0 heterocycles. The number of aliphatic hydroxyl groups excluding tert-OH is 1. The number of aliphatic hydroxyl groups is 1. The smallest absolute Gasteiger partial charge is 0.123 e. The maximum absolute atomic E-state index is 12.5. The largest absolute Gasteiger partial charge is 0.392 e. The first-order valence-corrected chi connectivity index (χ1v) is 3.28. The van der Waals surface area contributed by atoms with Gasteiger partial charge in [-0.25, -0.2) is 4.39 Å². The van der Waals surface area contributed by atoms with Crippen LogP contribution in [0.4, 0.5) is 4.39 Å². The third kappa shape index (κ3) is 2.45. The summed E-state index contributed by atoms with van der Waals surface area (Å²) in [4.78, 5) is 0. The summed E-state index contributed by atoms with van der Waals surface area (Å²) in [6.45, 7) is 3.43. The van der Waals surface area contributed by atoms with Gasteiger partial charge in [-0.2, -0.15) is 0 Å². The Labute approximate surface area is 72.4 Å². The van der Waals surface area contributed by atoms with Gasteiger partial charge in [-0.15, -0.1) is 0 Å². The van der Waals surface area contributed by atoms with Crippen molar-refractivity contribution in [3.63, 3.8) is 0 Å². The van der Waals surface area contributed by atoms with Crippen LogP contribution in [0.15, 0.2) is 30.8 Å². The lowest BCUT2D eigenvalue weighted by atomic mass is 10.1. The zero-order valence-electron chi connectivity index (χ0n) is 6.76. The minimum Gasteiger partial charge on any atom is -0.392 e. The standard InChI is InChI=1S/C9H9FO.H3N.H2/c1-7(6-11)8-3-2-4-9(10)5-8;;/h2-5,11H,1,6H2;1H3;1H. The average molecular weight is 171 g/mol. The summed E-state index contributed by atoms with van der Waals surface area (Å²) >= 11 is 0. The molecular formula is C9H14FNO. The van der Waals surface area contributed by atoms with Gasteiger partial charge < -0.3 is 11.3 Å². The summed E-state index contributed by atoms with van der Waals surface area (Å²) < 4.78 is 12.5. The number of halogens is 1. The Hall–Kier alpha value is -1.19. The fraction of sp³-hybridized carbons (Fsp3) is 0.111. The molecule has 0 aliphatic rings. The van der Waals surface area contributed by atoms with Gasteiger partial charge in [0.2, 0.25) is 0 Å². The third-order valence-corrected chi connectivity index (χ3v) is 1.42. The van der Waals surface area contributed by atoms with Gasteiger partial charge in [-0.05, 0) is 23.3 Å². The van der Waals surface area contributed by atoms with Crippen molar-refractivity contribution >= 4 is 5.57 Å². The molecule has 4 N–H and O–H groups in total. The summed E-state index contributed by atoms with van der Waals surface area (Å²) in [7, 11) is 0. The van der Waals surface area contributed by atoms with Crippen molar-refractivity contribution in [1.82, 2.24) is 6.15 Å². The Balaban J connectivity index is 0. The van der Waals surface area contributed by atoms with Gasteiger partial charge in [0.05, 0.1) is 6.61 Å². The average Bonchev–Trinajstić information content (AvgIpc) is 2.03. The van der Waals surface area contributed by atoms with Crippen LogP contribution in [0.1, 0.15) is 6.99 Å². The quantitative estimate of drug-likeness (QED) is 0.717. The molecule has 12 heavy (non-hydrogen) atoms. The third-order valence-electron chi connectivity index (χ3n) is 1.42. The Kier molecular flexibility index (Phi) is 4.18. The topological polar surface area (TPSA) is 55.2 Å². The monoisotopic (exact) mass is 171 g/mol. The van der Waals surface area contributed by atoms with E-state index in [9.17, 15) is 4.39 Å². The summed E-state index contributed by atoms with van der Waals surface area (Å²) in [5, 5.41) is 8.66. The second-order valence-corrected chi connectivity index (χ2v) is 2.27. The molecule has 0 atom stereocenters. The number of rotatable bonds is 2. The van der Waals surface area contributed by atoms with Crippen LogP contribution in [-0.4, -0.2) is 11.7 Å². The Morgan fingerprint density at radius 1 is 1.58 bits per heavy atom. The predicted molar refractivity (Wildman–Crippen MR) is 49.7 cm³/mol. The van der Waals surface area contributed by atoms with Gasteiger partial charge in [-0.1, -0.05) is 18.7 Å². The van der Waals surface area contributed by atoms with Crippen molar-refractivity contribution in [1.29, 1.82) is 0 Å². The SMILES string of the molecule is C=C(CO)c1cccc(F)c1.N.[HH]. The van der Waals surface area contributed by atoms with Crippen LogP contribution in [-0.2, 0) is 0 Å². The molecule has 1 rings (SSSR count). The van der Waals surface area contributed by atoms with Crippen LogP contribution in [0.3, 0.4) is 0 Å². The van der Waals surface area contributed by atoms with Crippen molar-refractivity contribution in [3.05, 3.63) is 42.2 Å². The van der Waals surface area contributed by atoms with E-state index in [2.05, 4.69) is 6.58 Å². The van der Waals surface area contributed by atoms with Crippen molar-refractivity contribution in [2.75, 3.05) is 6.61 Å².